The van der Waals surface area contributed by atoms with E-state index in [9.17, 15) is 4.79 Å². The first-order valence-corrected chi connectivity index (χ1v) is 4.93. The normalized spacial score (nSPS) is 10.4. The molecule has 0 aliphatic rings. The maximum Gasteiger partial charge on any atom is 0.336 e. The van der Waals surface area contributed by atoms with Gasteiger partial charge in [0.2, 0.25) is 0 Å². The molecule has 1 aromatic heterocycles. The Hall–Kier alpha value is -2.10. The van der Waals surface area contributed by atoms with Gasteiger partial charge >= 0.3 is 5.97 Å². The lowest BCUT2D eigenvalue weighted by Gasteiger charge is -2.05. The van der Waals surface area contributed by atoms with Crippen LogP contribution < -0.4 is 0 Å². The minimum atomic E-state index is -0.914. The number of rotatable bonds is 2. The van der Waals surface area contributed by atoms with Crippen LogP contribution >= 0.6 is 0 Å². The monoisotopic (exact) mass is 216 g/mol. The second-order valence-corrected chi connectivity index (χ2v) is 3.77. The summed E-state index contributed by atoms with van der Waals surface area (Å²) in [5, 5.41) is 13.2. The fourth-order valence-electron chi connectivity index (χ4n) is 1.54. The number of aromatic carboxylic acids is 1. The Morgan fingerprint density at radius 3 is 2.69 bits per heavy atom. The zero-order chi connectivity index (χ0) is 11.7. The van der Waals surface area contributed by atoms with E-state index in [1.54, 1.807) is 29.9 Å². The molecule has 0 saturated heterocycles. The van der Waals surface area contributed by atoms with E-state index in [1.165, 1.54) is 0 Å². The van der Waals surface area contributed by atoms with Gasteiger partial charge in [-0.1, -0.05) is 6.07 Å². The Morgan fingerprint density at radius 2 is 2.12 bits per heavy atom. The molecule has 0 aliphatic carbocycles. The van der Waals surface area contributed by atoms with Crippen molar-refractivity contribution in [2.24, 2.45) is 0 Å². The van der Waals surface area contributed by atoms with Crippen molar-refractivity contribution in [3.8, 4) is 5.69 Å². The molecule has 2 aromatic rings. The van der Waals surface area contributed by atoms with Crippen LogP contribution in [-0.2, 0) is 0 Å². The topological polar surface area (TPSA) is 55.1 Å². The maximum absolute atomic E-state index is 11.0. The number of hydrogen-bond acceptors (Lipinski definition) is 2. The fraction of sp³-hybridized carbons (Fsp3) is 0.167. The molecule has 0 amide bonds. The minimum absolute atomic E-state index is 0.311. The first-order chi connectivity index (χ1) is 7.58. The van der Waals surface area contributed by atoms with Gasteiger partial charge in [0.05, 0.1) is 17.4 Å². The number of aryl methyl sites for hydroxylation is 2. The number of hydrogen-bond donors (Lipinski definition) is 1. The van der Waals surface area contributed by atoms with Crippen molar-refractivity contribution in [1.29, 1.82) is 0 Å². The van der Waals surface area contributed by atoms with Crippen LogP contribution in [0.4, 0.5) is 0 Å². The van der Waals surface area contributed by atoms with E-state index >= 15 is 0 Å². The van der Waals surface area contributed by atoms with Gasteiger partial charge in [-0.05, 0) is 37.1 Å². The van der Waals surface area contributed by atoms with Crippen molar-refractivity contribution < 1.29 is 9.90 Å². The lowest BCUT2D eigenvalue weighted by Crippen LogP contribution is -2.02. The summed E-state index contributed by atoms with van der Waals surface area (Å²) in [6, 6.07) is 5.27. The fourth-order valence-corrected chi connectivity index (χ4v) is 1.54. The van der Waals surface area contributed by atoms with Crippen molar-refractivity contribution in [2.45, 2.75) is 13.8 Å². The third kappa shape index (κ3) is 1.82. The summed E-state index contributed by atoms with van der Waals surface area (Å²) in [5.41, 5.74) is 2.86. The molecule has 0 spiro atoms. The molecule has 0 fully saturated rings. The van der Waals surface area contributed by atoms with E-state index in [1.807, 2.05) is 19.2 Å². The third-order valence-electron chi connectivity index (χ3n) is 2.43. The van der Waals surface area contributed by atoms with Crippen molar-refractivity contribution >= 4 is 5.97 Å². The summed E-state index contributed by atoms with van der Waals surface area (Å²) in [7, 11) is 0. The lowest BCUT2D eigenvalue weighted by atomic mass is 10.1. The molecule has 0 unspecified atom stereocenters. The average Bonchev–Trinajstić information content (AvgIpc) is 2.65. The highest BCUT2D eigenvalue weighted by Crippen LogP contribution is 2.14. The molecule has 82 valence electrons. The standard InChI is InChI=1S/C12H12N2O2/c1-8-6-13-14(7-8)10-4-3-9(2)11(5-10)12(15)16/h3-7H,1-2H3,(H,15,16). The predicted molar refractivity (Wildman–Crippen MR) is 60.0 cm³/mol. The molecule has 0 aliphatic heterocycles. The molecular formula is C12H12N2O2. The van der Waals surface area contributed by atoms with Crippen molar-refractivity contribution in [3.63, 3.8) is 0 Å². The summed E-state index contributed by atoms with van der Waals surface area (Å²) >= 11 is 0. The highest BCUT2D eigenvalue weighted by molar-refractivity contribution is 5.90. The van der Waals surface area contributed by atoms with Crippen LogP contribution in [0.15, 0.2) is 30.6 Å². The second-order valence-electron chi connectivity index (χ2n) is 3.77. The maximum atomic E-state index is 11.0. The Balaban J connectivity index is 2.51. The van der Waals surface area contributed by atoms with Crippen LogP contribution in [-0.4, -0.2) is 20.9 Å². The second kappa shape index (κ2) is 3.81. The van der Waals surface area contributed by atoms with Crippen molar-refractivity contribution in [1.82, 2.24) is 9.78 Å². The Kier molecular flexibility index (Phi) is 2.48. The van der Waals surface area contributed by atoms with Gasteiger partial charge < -0.3 is 5.11 Å². The Bertz CT molecular complexity index is 544. The molecule has 2 rings (SSSR count). The highest BCUT2D eigenvalue weighted by Gasteiger charge is 2.08. The quantitative estimate of drug-likeness (QED) is 0.837. The largest absolute Gasteiger partial charge is 0.478 e. The molecular weight excluding hydrogens is 204 g/mol. The van der Waals surface area contributed by atoms with Gasteiger partial charge in [0.15, 0.2) is 0 Å². The molecule has 1 N–H and O–H groups in total. The van der Waals surface area contributed by atoms with Crippen molar-refractivity contribution in [3.05, 3.63) is 47.3 Å². The van der Waals surface area contributed by atoms with Crippen LogP contribution in [0.25, 0.3) is 5.69 Å². The van der Waals surface area contributed by atoms with Gasteiger partial charge in [0.1, 0.15) is 0 Å². The zero-order valence-electron chi connectivity index (χ0n) is 9.14. The van der Waals surface area contributed by atoms with Crippen LogP contribution in [0.2, 0.25) is 0 Å². The smallest absolute Gasteiger partial charge is 0.336 e. The van der Waals surface area contributed by atoms with E-state index in [4.69, 9.17) is 5.11 Å². The molecule has 4 nitrogen and oxygen atoms in total. The highest BCUT2D eigenvalue weighted by atomic mass is 16.4. The van der Waals surface area contributed by atoms with Gasteiger partial charge in [0.25, 0.3) is 0 Å². The summed E-state index contributed by atoms with van der Waals surface area (Å²) in [4.78, 5) is 11.0. The van der Waals surface area contributed by atoms with E-state index in [0.717, 1.165) is 16.8 Å². The van der Waals surface area contributed by atoms with E-state index in [2.05, 4.69) is 5.10 Å². The molecule has 0 atom stereocenters. The van der Waals surface area contributed by atoms with Crippen LogP contribution in [0.3, 0.4) is 0 Å². The number of nitrogens with zero attached hydrogens (tertiary/aromatic N) is 2. The first kappa shape index (κ1) is 10.4. The van der Waals surface area contributed by atoms with Crippen molar-refractivity contribution in [2.75, 3.05) is 0 Å². The van der Waals surface area contributed by atoms with Gasteiger partial charge in [-0.25, -0.2) is 9.48 Å². The number of aromatic nitrogens is 2. The Labute approximate surface area is 93.1 Å². The number of carboxylic acids is 1. The zero-order valence-corrected chi connectivity index (χ0v) is 9.14. The van der Waals surface area contributed by atoms with Gasteiger partial charge in [0, 0.05) is 6.20 Å². The summed E-state index contributed by atoms with van der Waals surface area (Å²) in [6.45, 7) is 3.72. The molecule has 0 radical (unpaired) electrons. The van der Waals surface area contributed by atoms with E-state index < -0.39 is 5.97 Å². The summed E-state index contributed by atoms with van der Waals surface area (Å²) in [6.07, 6.45) is 3.59. The lowest BCUT2D eigenvalue weighted by molar-refractivity contribution is 0.0696. The average molecular weight is 216 g/mol. The predicted octanol–water partition coefficient (Wildman–Crippen LogP) is 2.19. The molecule has 4 heteroatoms. The van der Waals surface area contributed by atoms with Crippen LogP contribution in [0.5, 0.6) is 0 Å². The number of carboxylic acid groups (broad SMARTS) is 1. The summed E-state index contributed by atoms with van der Waals surface area (Å²) < 4.78 is 1.67. The Morgan fingerprint density at radius 1 is 1.38 bits per heavy atom. The van der Waals surface area contributed by atoms with Gasteiger partial charge in [-0.2, -0.15) is 5.10 Å². The first-order valence-electron chi connectivity index (χ1n) is 4.93. The summed E-state index contributed by atoms with van der Waals surface area (Å²) in [5.74, 6) is -0.914. The minimum Gasteiger partial charge on any atom is -0.478 e. The third-order valence-corrected chi connectivity index (χ3v) is 2.43. The van der Waals surface area contributed by atoms with E-state index in [-0.39, 0.29) is 0 Å². The number of carbonyl (C=O) groups is 1. The molecule has 16 heavy (non-hydrogen) atoms. The van der Waals surface area contributed by atoms with Gasteiger partial charge in [-0.3, -0.25) is 0 Å². The number of benzene rings is 1. The molecule has 0 saturated carbocycles. The molecule has 0 bridgehead atoms. The van der Waals surface area contributed by atoms with E-state index in [0.29, 0.717) is 5.56 Å². The van der Waals surface area contributed by atoms with Gasteiger partial charge in [-0.15, -0.1) is 0 Å². The molecule has 1 heterocycles. The molecule has 1 aromatic carbocycles. The SMILES string of the molecule is Cc1cnn(-c2ccc(C)c(C(=O)O)c2)c1. The van der Waals surface area contributed by atoms with Crippen LogP contribution in [0, 0.1) is 13.8 Å². The van der Waals surface area contributed by atoms with Crippen LogP contribution in [0.1, 0.15) is 21.5 Å².